The molecule has 2 aromatic rings. The van der Waals surface area contributed by atoms with Crippen molar-refractivity contribution in [2.45, 2.75) is 78.0 Å². The molecule has 0 aliphatic heterocycles. The molecule has 0 saturated heterocycles. The summed E-state index contributed by atoms with van der Waals surface area (Å²) in [6, 6.07) is 23.5. The Bertz CT molecular complexity index is 529. The molecule has 0 unspecified atom stereocenters. The number of benzene rings is 2. The summed E-state index contributed by atoms with van der Waals surface area (Å²) in [6.45, 7) is 18.5. The van der Waals surface area contributed by atoms with Gasteiger partial charge in [-0.05, 0) is 45.4 Å². The van der Waals surface area contributed by atoms with Gasteiger partial charge in [-0.25, -0.2) is 0 Å². The summed E-state index contributed by atoms with van der Waals surface area (Å²) in [6.07, 6.45) is 0. The molecule has 28 heavy (non-hydrogen) atoms. The molecule has 0 fully saturated rings. The maximum Gasteiger partial charge on any atom is 0 e. The van der Waals surface area contributed by atoms with E-state index in [0.717, 1.165) is 22.6 Å². The van der Waals surface area contributed by atoms with Crippen molar-refractivity contribution in [2.24, 2.45) is 0 Å². The van der Waals surface area contributed by atoms with Gasteiger partial charge in [0.15, 0.2) is 0 Å². The predicted octanol–water partition coefficient (Wildman–Crippen LogP) is 3.44. The maximum atomic E-state index is 3.36. The average molecular weight is 492 g/mol. The van der Waals surface area contributed by atoms with Crippen LogP contribution >= 0.6 is 15.8 Å². The molecule has 0 nitrogen and oxygen atoms in total. The fourth-order valence-electron chi connectivity index (χ4n) is 3.39. The number of hydrogen-bond acceptors (Lipinski definition) is 0. The summed E-state index contributed by atoms with van der Waals surface area (Å²) in [5.74, 6) is 0. The summed E-state index contributed by atoms with van der Waals surface area (Å²) in [5, 5.41) is 2.84. The van der Waals surface area contributed by atoms with E-state index in [2.05, 4.69) is 91.8 Å². The van der Waals surface area contributed by atoms with Gasteiger partial charge in [0.25, 0.3) is 0 Å². The smallest absolute Gasteiger partial charge is 0 e. The van der Waals surface area contributed by atoms with Gasteiger partial charge in [-0.1, -0.05) is 120 Å². The van der Waals surface area contributed by atoms with Crippen LogP contribution in [0.2, 0.25) is 0 Å². The molecule has 0 aromatic heterocycles. The van der Waals surface area contributed by atoms with Crippen molar-refractivity contribution in [1.29, 1.82) is 0 Å². The van der Waals surface area contributed by atoms with Gasteiger partial charge in [-0.2, -0.15) is 0 Å². The molecule has 0 bridgehead atoms. The second-order valence-electron chi connectivity index (χ2n) is 7.69. The Balaban J connectivity index is 0. The van der Waals surface area contributed by atoms with E-state index in [1.807, 2.05) is 24.3 Å². The molecule has 2 aromatic carbocycles. The molecule has 2 rings (SSSR count). The first-order valence-electron chi connectivity index (χ1n) is 9.75. The molecule has 5 radical (unpaired) electrons. The van der Waals surface area contributed by atoms with E-state index in [1.54, 1.807) is 0 Å². The van der Waals surface area contributed by atoms with E-state index in [1.165, 1.54) is 10.6 Å². The molecule has 0 spiro atoms. The van der Waals surface area contributed by atoms with Crippen LogP contribution in [0.1, 0.15) is 55.4 Å². The minimum atomic E-state index is -0.0293. The number of hydrogen-bond donors (Lipinski definition) is 0. The Labute approximate surface area is 196 Å². The van der Waals surface area contributed by atoms with E-state index >= 15 is 0 Å². The molecule has 0 aliphatic rings. The molecule has 0 atom stereocenters. The molecular formula is C24H36ClGaP2-. The Kier molecular flexibility index (Phi) is 17.4. The van der Waals surface area contributed by atoms with Gasteiger partial charge in [0.2, 0.25) is 0 Å². The summed E-state index contributed by atoms with van der Waals surface area (Å²) < 4.78 is 0. The van der Waals surface area contributed by atoms with E-state index in [4.69, 9.17) is 0 Å². The average Bonchev–Trinajstić information content (AvgIpc) is 2.56. The minimum absolute atomic E-state index is 0. The third-order valence-corrected chi connectivity index (χ3v) is 10.3. The fraction of sp³-hybridized carbons (Fsp3) is 0.500. The van der Waals surface area contributed by atoms with Crippen LogP contribution in [0.5, 0.6) is 0 Å². The van der Waals surface area contributed by atoms with Crippen LogP contribution in [0, 0.1) is 12.1 Å². The SMILES string of the molecule is CC(C)P(c1[c]cccc1)C(C)C.CC(C)P(c1[c]cccc1)C(C)C.[Cl-].[Ga]. The van der Waals surface area contributed by atoms with E-state index in [-0.39, 0.29) is 48.0 Å². The fourth-order valence-corrected chi connectivity index (χ4v) is 8.97. The Morgan fingerprint density at radius 1 is 0.571 bits per heavy atom. The molecular weight excluding hydrogens is 455 g/mol. The van der Waals surface area contributed by atoms with Gasteiger partial charge < -0.3 is 12.4 Å². The third-order valence-electron chi connectivity index (χ3n) is 4.17. The van der Waals surface area contributed by atoms with Gasteiger partial charge in [0.05, 0.1) is 0 Å². The topological polar surface area (TPSA) is 0 Å². The van der Waals surface area contributed by atoms with Crippen LogP contribution in [0.4, 0.5) is 0 Å². The zero-order chi connectivity index (χ0) is 19.7. The second kappa shape index (κ2) is 16.0. The summed E-state index contributed by atoms with van der Waals surface area (Å²) >= 11 is 0. The van der Waals surface area contributed by atoms with Crippen molar-refractivity contribution in [3.05, 3.63) is 60.7 Å². The van der Waals surface area contributed by atoms with Crippen LogP contribution in [0.15, 0.2) is 48.5 Å². The van der Waals surface area contributed by atoms with Gasteiger partial charge in [-0.15, -0.1) is 0 Å². The van der Waals surface area contributed by atoms with Gasteiger partial charge in [0.1, 0.15) is 0 Å². The normalized spacial score (nSPS) is 10.8. The van der Waals surface area contributed by atoms with Gasteiger partial charge in [0, 0.05) is 19.8 Å². The maximum absolute atomic E-state index is 3.36. The van der Waals surface area contributed by atoms with E-state index in [0.29, 0.717) is 0 Å². The molecule has 0 aliphatic carbocycles. The molecule has 0 N–H and O–H groups in total. The van der Waals surface area contributed by atoms with Crippen LogP contribution in [0.3, 0.4) is 0 Å². The Morgan fingerprint density at radius 2 is 0.857 bits per heavy atom. The minimum Gasteiger partial charge on any atom is -1.00 e. The first-order valence-corrected chi connectivity index (χ1v) is 12.7. The van der Waals surface area contributed by atoms with E-state index in [9.17, 15) is 0 Å². The zero-order valence-electron chi connectivity index (χ0n) is 18.8. The first-order chi connectivity index (χ1) is 12.3. The number of rotatable bonds is 6. The largest absolute Gasteiger partial charge is 1.00 e. The van der Waals surface area contributed by atoms with Crippen molar-refractivity contribution < 1.29 is 12.4 Å². The van der Waals surface area contributed by atoms with Crippen molar-refractivity contribution in [3.63, 3.8) is 0 Å². The van der Waals surface area contributed by atoms with Crippen molar-refractivity contribution in [3.8, 4) is 0 Å². The molecule has 153 valence electrons. The van der Waals surface area contributed by atoms with Crippen LogP contribution in [-0.2, 0) is 0 Å². The van der Waals surface area contributed by atoms with E-state index < -0.39 is 0 Å². The molecule has 0 amide bonds. The van der Waals surface area contributed by atoms with Gasteiger partial charge in [-0.3, -0.25) is 0 Å². The zero-order valence-corrected chi connectivity index (χ0v) is 23.7. The molecule has 0 saturated carbocycles. The van der Waals surface area contributed by atoms with Crippen LogP contribution in [0.25, 0.3) is 0 Å². The first kappa shape index (κ1) is 30.4. The number of halogens is 1. The van der Waals surface area contributed by atoms with Gasteiger partial charge >= 0.3 is 0 Å². The van der Waals surface area contributed by atoms with Crippen LogP contribution in [-0.4, -0.2) is 42.4 Å². The summed E-state index contributed by atoms with van der Waals surface area (Å²) in [5.41, 5.74) is 3.03. The van der Waals surface area contributed by atoms with Crippen molar-refractivity contribution >= 4 is 46.2 Å². The van der Waals surface area contributed by atoms with Crippen molar-refractivity contribution in [2.75, 3.05) is 0 Å². The summed E-state index contributed by atoms with van der Waals surface area (Å²) in [4.78, 5) is 0. The molecule has 4 heteroatoms. The molecule has 0 heterocycles. The van der Waals surface area contributed by atoms with Crippen LogP contribution < -0.4 is 23.0 Å². The van der Waals surface area contributed by atoms with Crippen molar-refractivity contribution in [1.82, 2.24) is 0 Å². The second-order valence-corrected chi connectivity index (χ2v) is 14.4. The predicted molar refractivity (Wildman–Crippen MR) is 130 cm³/mol. The summed E-state index contributed by atoms with van der Waals surface area (Å²) in [7, 11) is -0.0586. The Morgan fingerprint density at radius 3 is 1.04 bits per heavy atom. The standard InChI is InChI=1S/2C12H18P.ClH.Ga/c2*1-10(2)13(11(3)4)12-8-6-5-7-9-12;;/h2*5-8,10-11H,1-4H3;1H;/p-1. The third kappa shape index (κ3) is 10.3. The monoisotopic (exact) mass is 490 g/mol. The quantitative estimate of drug-likeness (QED) is 0.429. The Hall–Kier alpha value is 0.226.